The molecule has 6 heteroatoms. The van der Waals surface area contributed by atoms with Crippen LogP contribution in [-0.2, 0) is 4.74 Å². The minimum Gasteiger partial charge on any atom is -0.409 e. The van der Waals surface area contributed by atoms with Crippen molar-refractivity contribution < 1.29 is 27.0 Å². The molecule has 0 amide bonds. The first-order valence-corrected chi connectivity index (χ1v) is 3.51. The topological polar surface area (TPSA) is 18.5 Å². The number of halogens is 4. The highest BCUT2D eigenvalue weighted by Crippen LogP contribution is 2.23. The van der Waals surface area contributed by atoms with Crippen molar-refractivity contribution >= 4 is 0 Å². The molecular weight excluding hydrogens is 204 g/mol. The predicted octanol–water partition coefficient (Wildman–Crippen LogP) is 2.54. The summed E-state index contributed by atoms with van der Waals surface area (Å²) in [6.07, 6.45) is -3.90. The number of hydrogen-bond acceptors (Lipinski definition) is 2. The summed E-state index contributed by atoms with van der Waals surface area (Å²) in [5, 5.41) is 0. The predicted molar refractivity (Wildman–Crippen MR) is 38.9 cm³/mol. The van der Waals surface area contributed by atoms with Gasteiger partial charge in [0, 0.05) is 25.3 Å². The lowest BCUT2D eigenvalue weighted by atomic mass is 10.3. The summed E-state index contributed by atoms with van der Waals surface area (Å²) in [7, 11) is 0.704. The first-order valence-electron chi connectivity index (χ1n) is 3.51. The van der Waals surface area contributed by atoms with Gasteiger partial charge in [0.2, 0.25) is 0 Å². The fraction of sp³-hybridized carbons (Fsp3) is 0.250. The van der Waals surface area contributed by atoms with Gasteiger partial charge in [-0.3, -0.25) is 4.74 Å². The maximum Gasteiger partial charge on any atom is 0.535 e. The molecule has 1 aromatic rings. The smallest absolute Gasteiger partial charge is 0.409 e. The number of methoxy groups -OCH3 is 1. The third kappa shape index (κ3) is 2.88. The van der Waals surface area contributed by atoms with Crippen molar-refractivity contribution in [3.8, 4) is 5.75 Å². The van der Waals surface area contributed by atoms with E-state index in [4.69, 9.17) is 0 Å². The molecule has 0 fully saturated rings. The molecule has 0 N–H and O–H groups in total. The molecule has 78 valence electrons. The molecule has 0 aromatic heterocycles. The molecule has 0 heterocycles. The zero-order chi connectivity index (χ0) is 10.8. The van der Waals surface area contributed by atoms with E-state index >= 15 is 0 Å². The van der Waals surface area contributed by atoms with Gasteiger partial charge in [-0.1, -0.05) is 0 Å². The Balaban J connectivity index is 2.87. The molecule has 2 nitrogen and oxygen atoms in total. The Hall–Kier alpha value is -1.30. The standard InChI is InChI=1S/C8H6F4O2/c1-13-8(11,12)14-7-3-5(9)2-6(10)4-7/h2-4H,1H3. The van der Waals surface area contributed by atoms with Crippen molar-refractivity contribution in [3.05, 3.63) is 29.8 Å². The minimum absolute atomic E-state index is 0.539. The average Bonchev–Trinajstić information content (AvgIpc) is 2.01. The van der Waals surface area contributed by atoms with Crippen LogP contribution in [0.25, 0.3) is 0 Å². The Labute approximate surface area is 77.1 Å². The van der Waals surface area contributed by atoms with Gasteiger partial charge in [0.25, 0.3) is 0 Å². The van der Waals surface area contributed by atoms with Crippen molar-refractivity contribution in [2.45, 2.75) is 6.29 Å². The number of ether oxygens (including phenoxy) is 2. The highest BCUT2D eigenvalue weighted by molar-refractivity contribution is 5.23. The van der Waals surface area contributed by atoms with Crippen LogP contribution in [0.15, 0.2) is 18.2 Å². The monoisotopic (exact) mass is 210 g/mol. The van der Waals surface area contributed by atoms with Crippen LogP contribution in [0.4, 0.5) is 17.6 Å². The maximum absolute atomic E-state index is 12.5. The molecule has 0 saturated carbocycles. The third-order valence-corrected chi connectivity index (χ3v) is 1.31. The van der Waals surface area contributed by atoms with Crippen molar-refractivity contribution in [1.82, 2.24) is 0 Å². The van der Waals surface area contributed by atoms with Gasteiger partial charge in [-0.25, -0.2) is 8.78 Å². The van der Waals surface area contributed by atoms with Crippen molar-refractivity contribution in [3.63, 3.8) is 0 Å². The molecule has 0 spiro atoms. The molecular formula is C8H6F4O2. The van der Waals surface area contributed by atoms with E-state index in [1.807, 2.05) is 0 Å². The molecule has 0 aliphatic heterocycles. The lowest BCUT2D eigenvalue weighted by Gasteiger charge is -2.14. The van der Waals surface area contributed by atoms with Gasteiger partial charge in [0.1, 0.15) is 17.4 Å². The summed E-state index contributed by atoms with van der Waals surface area (Å²) in [5.41, 5.74) is 0. The second-order valence-corrected chi connectivity index (χ2v) is 2.37. The Morgan fingerprint density at radius 2 is 1.57 bits per heavy atom. The zero-order valence-corrected chi connectivity index (χ0v) is 7.06. The zero-order valence-electron chi connectivity index (χ0n) is 7.06. The van der Waals surface area contributed by atoms with Crippen LogP contribution < -0.4 is 4.74 Å². The highest BCUT2D eigenvalue weighted by atomic mass is 19.3. The molecule has 0 atom stereocenters. The van der Waals surface area contributed by atoms with Gasteiger partial charge in [0.05, 0.1) is 0 Å². The fourth-order valence-electron chi connectivity index (χ4n) is 0.766. The van der Waals surface area contributed by atoms with E-state index in [-0.39, 0.29) is 0 Å². The van der Waals surface area contributed by atoms with E-state index < -0.39 is 23.7 Å². The summed E-state index contributed by atoms with van der Waals surface area (Å²) < 4.78 is 57.3. The molecule has 0 aliphatic carbocycles. The quantitative estimate of drug-likeness (QED) is 0.563. The summed E-state index contributed by atoms with van der Waals surface area (Å²) in [6, 6.07) is 1.78. The van der Waals surface area contributed by atoms with Gasteiger partial charge in [-0.05, 0) is 0 Å². The van der Waals surface area contributed by atoms with Gasteiger partial charge in [0.15, 0.2) is 0 Å². The van der Waals surface area contributed by atoms with E-state index in [2.05, 4.69) is 9.47 Å². The SMILES string of the molecule is COC(F)(F)Oc1cc(F)cc(F)c1. The number of hydrogen-bond donors (Lipinski definition) is 0. The summed E-state index contributed by atoms with van der Waals surface area (Å²) in [6.45, 7) is 0. The molecule has 14 heavy (non-hydrogen) atoms. The van der Waals surface area contributed by atoms with Gasteiger partial charge in [-0.2, -0.15) is 0 Å². The summed E-state index contributed by atoms with van der Waals surface area (Å²) >= 11 is 0. The Morgan fingerprint density at radius 1 is 1.07 bits per heavy atom. The molecule has 0 unspecified atom stereocenters. The second-order valence-electron chi connectivity index (χ2n) is 2.37. The Morgan fingerprint density at radius 3 is 2.00 bits per heavy atom. The van der Waals surface area contributed by atoms with Crippen LogP contribution in [0, 0.1) is 11.6 Å². The van der Waals surface area contributed by atoms with Crippen LogP contribution in [-0.4, -0.2) is 13.4 Å². The molecule has 1 rings (SSSR count). The van der Waals surface area contributed by atoms with Crippen molar-refractivity contribution in [1.29, 1.82) is 0 Å². The molecule has 0 aliphatic rings. The lowest BCUT2D eigenvalue weighted by molar-refractivity contribution is -0.342. The average molecular weight is 210 g/mol. The number of alkyl halides is 2. The number of benzene rings is 1. The van der Waals surface area contributed by atoms with Crippen LogP contribution >= 0.6 is 0 Å². The van der Waals surface area contributed by atoms with Crippen molar-refractivity contribution in [2.75, 3.05) is 7.11 Å². The Bertz CT molecular complexity index is 307. The molecule has 0 radical (unpaired) electrons. The van der Waals surface area contributed by atoms with Crippen molar-refractivity contribution in [2.24, 2.45) is 0 Å². The normalized spacial score (nSPS) is 11.5. The lowest BCUT2D eigenvalue weighted by Crippen LogP contribution is -2.26. The summed E-state index contributed by atoms with van der Waals surface area (Å²) in [5.74, 6) is -2.66. The van der Waals surface area contributed by atoms with Gasteiger partial charge >= 0.3 is 6.29 Å². The van der Waals surface area contributed by atoms with Crippen LogP contribution in [0.5, 0.6) is 5.75 Å². The first-order chi connectivity index (χ1) is 6.43. The highest BCUT2D eigenvalue weighted by Gasteiger charge is 2.32. The molecule has 1 aromatic carbocycles. The van der Waals surface area contributed by atoms with Crippen LogP contribution in [0.2, 0.25) is 0 Å². The Kier molecular flexibility index (Phi) is 2.95. The van der Waals surface area contributed by atoms with Gasteiger partial charge < -0.3 is 4.74 Å². The van der Waals surface area contributed by atoms with E-state index in [1.54, 1.807) is 0 Å². The molecule has 0 bridgehead atoms. The fourth-order valence-corrected chi connectivity index (χ4v) is 0.766. The largest absolute Gasteiger partial charge is 0.535 e. The van der Waals surface area contributed by atoms with E-state index in [0.717, 1.165) is 0 Å². The second kappa shape index (κ2) is 3.83. The first kappa shape index (κ1) is 10.8. The van der Waals surface area contributed by atoms with Gasteiger partial charge in [-0.15, -0.1) is 8.78 Å². The van der Waals surface area contributed by atoms with Crippen LogP contribution in [0.1, 0.15) is 0 Å². The number of rotatable bonds is 3. The van der Waals surface area contributed by atoms with E-state index in [9.17, 15) is 17.6 Å². The molecule has 0 saturated heterocycles. The van der Waals surface area contributed by atoms with E-state index in [0.29, 0.717) is 25.3 Å². The van der Waals surface area contributed by atoms with Crippen LogP contribution in [0.3, 0.4) is 0 Å². The minimum atomic E-state index is -3.90. The van der Waals surface area contributed by atoms with E-state index in [1.165, 1.54) is 0 Å². The maximum atomic E-state index is 12.5. The third-order valence-electron chi connectivity index (χ3n) is 1.31. The summed E-state index contributed by atoms with van der Waals surface area (Å²) in [4.78, 5) is 0.